The molecule has 3 atom stereocenters. The van der Waals surface area contributed by atoms with Gasteiger partial charge in [-0.15, -0.1) is 0 Å². The summed E-state index contributed by atoms with van der Waals surface area (Å²) in [5.74, 6) is -0.122. The molecule has 0 radical (unpaired) electrons. The Bertz CT molecular complexity index is 816. The summed E-state index contributed by atoms with van der Waals surface area (Å²) >= 11 is 0. The van der Waals surface area contributed by atoms with Crippen molar-refractivity contribution >= 4 is 18.0 Å². The fourth-order valence-electron chi connectivity index (χ4n) is 4.08. The smallest absolute Gasteiger partial charge is 0.349 e. The minimum Gasteiger partial charge on any atom is -0.451 e. The highest BCUT2D eigenvalue weighted by atomic mass is 16.5. The summed E-state index contributed by atoms with van der Waals surface area (Å²) < 4.78 is 7.27. The van der Waals surface area contributed by atoms with Crippen molar-refractivity contribution in [1.82, 2.24) is 9.88 Å². The van der Waals surface area contributed by atoms with E-state index in [0.29, 0.717) is 11.8 Å². The van der Waals surface area contributed by atoms with Crippen molar-refractivity contribution in [2.45, 2.75) is 72.9 Å². The van der Waals surface area contributed by atoms with Crippen LogP contribution in [0, 0.1) is 37.0 Å². The van der Waals surface area contributed by atoms with Gasteiger partial charge in [0.25, 0.3) is 5.91 Å². The minimum atomic E-state index is -0.770. The predicted molar refractivity (Wildman–Crippen MR) is 113 cm³/mol. The number of nitriles is 1. The second kappa shape index (κ2) is 10.3. The van der Waals surface area contributed by atoms with Crippen LogP contribution in [0.1, 0.15) is 63.4 Å². The summed E-state index contributed by atoms with van der Waals surface area (Å²) in [5.41, 5.74) is 2.80. The molecule has 0 saturated heterocycles. The summed E-state index contributed by atoms with van der Waals surface area (Å²) in [6, 6.07) is 3.97. The molecule has 1 amide bonds. The zero-order valence-corrected chi connectivity index (χ0v) is 18.2. The number of carbonyl (C=O) groups is 2. The quantitative estimate of drug-likeness (QED) is 0.428. The van der Waals surface area contributed by atoms with Gasteiger partial charge in [-0.3, -0.25) is 4.79 Å². The van der Waals surface area contributed by atoms with Crippen molar-refractivity contribution in [3.8, 4) is 6.07 Å². The molecule has 1 N–H and O–H groups in total. The first-order valence-corrected chi connectivity index (χ1v) is 10.5. The van der Waals surface area contributed by atoms with Gasteiger partial charge >= 0.3 is 5.97 Å². The largest absolute Gasteiger partial charge is 0.451 e. The zero-order chi connectivity index (χ0) is 21.6. The van der Waals surface area contributed by atoms with Gasteiger partial charge in [0.1, 0.15) is 11.6 Å². The molecule has 2 rings (SSSR count). The number of amides is 1. The van der Waals surface area contributed by atoms with Crippen molar-refractivity contribution in [3.63, 3.8) is 0 Å². The second-order valence-electron chi connectivity index (χ2n) is 8.17. The maximum atomic E-state index is 12.3. The average Bonchev–Trinajstić information content (AvgIpc) is 2.95. The molecule has 6 nitrogen and oxygen atoms in total. The normalized spacial score (nSPS) is 22.1. The van der Waals surface area contributed by atoms with E-state index in [1.54, 1.807) is 6.08 Å². The van der Waals surface area contributed by atoms with Crippen LogP contribution in [0.4, 0.5) is 0 Å². The first-order chi connectivity index (χ1) is 13.8. The van der Waals surface area contributed by atoms with E-state index in [9.17, 15) is 14.9 Å². The number of nitrogens with zero attached hydrogens (tertiary/aromatic N) is 2. The second-order valence-corrected chi connectivity index (χ2v) is 8.17. The number of ether oxygens (including phenoxy) is 1. The van der Waals surface area contributed by atoms with E-state index in [4.69, 9.17) is 4.74 Å². The van der Waals surface area contributed by atoms with E-state index in [-0.39, 0.29) is 24.1 Å². The third-order valence-corrected chi connectivity index (χ3v) is 6.09. The van der Waals surface area contributed by atoms with Gasteiger partial charge in [0, 0.05) is 24.0 Å². The van der Waals surface area contributed by atoms with Crippen molar-refractivity contribution in [2.75, 3.05) is 6.61 Å². The first-order valence-electron chi connectivity index (χ1n) is 10.5. The van der Waals surface area contributed by atoms with Crippen molar-refractivity contribution in [3.05, 3.63) is 28.6 Å². The zero-order valence-electron chi connectivity index (χ0n) is 18.2. The average molecular weight is 400 g/mol. The van der Waals surface area contributed by atoms with Gasteiger partial charge in [0.2, 0.25) is 0 Å². The van der Waals surface area contributed by atoms with Gasteiger partial charge in [-0.2, -0.15) is 5.26 Å². The van der Waals surface area contributed by atoms with E-state index >= 15 is 0 Å². The molecule has 0 bridgehead atoms. The van der Waals surface area contributed by atoms with E-state index < -0.39 is 5.97 Å². The Morgan fingerprint density at radius 2 is 2.07 bits per heavy atom. The van der Waals surface area contributed by atoms with Crippen molar-refractivity contribution in [1.29, 1.82) is 5.26 Å². The maximum Gasteiger partial charge on any atom is 0.349 e. The lowest BCUT2D eigenvalue weighted by molar-refractivity contribution is -0.144. The summed E-state index contributed by atoms with van der Waals surface area (Å²) in [6.07, 6.45) is 5.76. The van der Waals surface area contributed by atoms with Crippen LogP contribution in [0.25, 0.3) is 6.08 Å². The van der Waals surface area contributed by atoms with Gasteiger partial charge in [0.05, 0.1) is 0 Å². The number of carbonyl (C=O) groups excluding carboxylic acids is 2. The van der Waals surface area contributed by atoms with Gasteiger partial charge in [0.15, 0.2) is 6.61 Å². The summed E-state index contributed by atoms with van der Waals surface area (Å²) in [5, 5.41) is 12.4. The molecular weight excluding hydrogens is 366 g/mol. The highest BCUT2D eigenvalue weighted by Crippen LogP contribution is 2.29. The number of hydrogen-bond acceptors (Lipinski definition) is 4. The number of esters is 1. The van der Waals surface area contributed by atoms with Gasteiger partial charge in [-0.05, 0) is 56.2 Å². The summed E-state index contributed by atoms with van der Waals surface area (Å²) in [7, 11) is 0. The molecular formula is C23H33N3O3. The monoisotopic (exact) mass is 399 g/mol. The van der Waals surface area contributed by atoms with E-state index in [1.165, 1.54) is 6.42 Å². The first kappa shape index (κ1) is 22.7. The van der Waals surface area contributed by atoms with Gasteiger partial charge in [-0.25, -0.2) is 4.79 Å². The maximum absolute atomic E-state index is 12.3. The molecule has 158 valence electrons. The number of aromatic nitrogens is 1. The number of nitrogens with one attached hydrogen (secondary N) is 1. The van der Waals surface area contributed by atoms with E-state index in [0.717, 1.165) is 42.8 Å². The Labute approximate surface area is 173 Å². The molecule has 0 unspecified atom stereocenters. The highest BCUT2D eigenvalue weighted by Gasteiger charge is 2.28. The van der Waals surface area contributed by atoms with Crippen LogP contribution in [-0.2, 0) is 20.9 Å². The van der Waals surface area contributed by atoms with Crippen LogP contribution in [-0.4, -0.2) is 29.1 Å². The lowest BCUT2D eigenvalue weighted by atomic mass is 9.78. The van der Waals surface area contributed by atoms with Crippen LogP contribution in [0.15, 0.2) is 11.6 Å². The Morgan fingerprint density at radius 1 is 1.34 bits per heavy atom. The third-order valence-electron chi connectivity index (χ3n) is 6.09. The fraction of sp³-hybridized carbons (Fsp3) is 0.609. The third kappa shape index (κ3) is 5.72. The van der Waals surface area contributed by atoms with Gasteiger partial charge < -0.3 is 14.6 Å². The topological polar surface area (TPSA) is 84.1 Å². The van der Waals surface area contributed by atoms with E-state index in [1.807, 2.05) is 26.0 Å². The molecule has 29 heavy (non-hydrogen) atoms. The summed E-state index contributed by atoms with van der Waals surface area (Å²) in [4.78, 5) is 24.5. The standard InChI is InChI=1S/C23H33N3O3/c1-6-10-26-16(3)11-19(18(26)5)12-20(13-24)23(28)29-14-22(27)25-21-9-7-8-15(2)17(21)4/h11-12,15,17,21H,6-10,14H2,1-5H3,(H,25,27)/b20-12+/t15-,17-,21+/m0/s1. The SMILES string of the molecule is CCCn1c(C)cc(/C=C(\C#N)C(=O)OCC(=O)N[C@@H]2CCC[C@H](C)[C@@H]2C)c1C. The van der Waals surface area contributed by atoms with Crippen LogP contribution in [0.5, 0.6) is 0 Å². The molecule has 1 heterocycles. The molecule has 1 aromatic heterocycles. The Morgan fingerprint density at radius 3 is 2.72 bits per heavy atom. The molecule has 1 aliphatic carbocycles. The predicted octanol–water partition coefficient (Wildman–Crippen LogP) is 3.91. The van der Waals surface area contributed by atoms with Crippen LogP contribution < -0.4 is 5.32 Å². The number of aryl methyl sites for hydroxylation is 1. The Balaban J connectivity index is 1.98. The fourth-order valence-corrected chi connectivity index (χ4v) is 4.08. The van der Waals surface area contributed by atoms with Crippen molar-refractivity contribution in [2.24, 2.45) is 11.8 Å². The molecule has 1 aromatic rings. The van der Waals surface area contributed by atoms with Crippen LogP contribution in [0.3, 0.4) is 0 Å². The van der Waals surface area contributed by atoms with Gasteiger partial charge in [-0.1, -0.05) is 33.6 Å². The Hall–Kier alpha value is -2.55. The molecule has 0 spiro atoms. The van der Waals surface area contributed by atoms with Crippen molar-refractivity contribution < 1.29 is 14.3 Å². The summed E-state index contributed by atoms with van der Waals surface area (Å²) in [6.45, 7) is 10.9. The van der Waals surface area contributed by atoms with Crippen LogP contribution >= 0.6 is 0 Å². The molecule has 6 heteroatoms. The minimum absolute atomic E-state index is 0.103. The molecule has 1 saturated carbocycles. The van der Waals surface area contributed by atoms with Crippen LogP contribution in [0.2, 0.25) is 0 Å². The van der Waals surface area contributed by atoms with E-state index in [2.05, 4.69) is 30.7 Å². The molecule has 0 aliphatic heterocycles. The highest BCUT2D eigenvalue weighted by molar-refractivity contribution is 5.99. The number of hydrogen-bond donors (Lipinski definition) is 1. The lowest BCUT2D eigenvalue weighted by Gasteiger charge is -2.34. The molecule has 0 aromatic carbocycles. The molecule has 1 fully saturated rings. The molecule has 1 aliphatic rings. The Kier molecular flexibility index (Phi) is 8.07. The number of rotatable bonds is 7. The lowest BCUT2D eigenvalue weighted by Crippen LogP contribution is -2.45.